The number of halogens is 2. The van der Waals surface area contributed by atoms with Crippen LogP contribution in [0.1, 0.15) is 16.7 Å². The zero-order valence-corrected chi connectivity index (χ0v) is 20.9. The number of nitrogens with zero attached hydrogens (tertiary/aromatic N) is 2. The van der Waals surface area contributed by atoms with Crippen molar-refractivity contribution < 1.29 is 23.5 Å². The van der Waals surface area contributed by atoms with E-state index in [2.05, 4.69) is 27.3 Å². The Kier molecular flexibility index (Phi) is 7.83. The molecule has 0 aliphatic carbocycles. The highest BCUT2D eigenvalue weighted by Gasteiger charge is 2.36. The average molecular weight is 566 g/mol. The highest BCUT2D eigenvalue weighted by atomic mass is 79.9. The van der Waals surface area contributed by atoms with Crippen molar-refractivity contribution in [2.24, 2.45) is 0 Å². The van der Waals surface area contributed by atoms with Gasteiger partial charge in [-0.3, -0.25) is 19.3 Å². The fraction of sp³-hybridized carbons (Fsp3) is 0.0769. The molecule has 0 bridgehead atoms. The van der Waals surface area contributed by atoms with Crippen LogP contribution in [-0.2, 0) is 16.2 Å². The van der Waals surface area contributed by atoms with Crippen LogP contribution >= 0.6 is 27.7 Å². The summed E-state index contributed by atoms with van der Waals surface area (Å²) in [6, 6.07) is 20.0. The second-order valence-electron chi connectivity index (χ2n) is 7.54. The van der Waals surface area contributed by atoms with Crippen molar-refractivity contribution in [1.29, 1.82) is 5.26 Å². The zero-order chi connectivity index (χ0) is 25.7. The van der Waals surface area contributed by atoms with Gasteiger partial charge in [-0.2, -0.15) is 5.26 Å². The van der Waals surface area contributed by atoms with Crippen molar-refractivity contribution in [1.82, 2.24) is 4.90 Å². The van der Waals surface area contributed by atoms with Crippen molar-refractivity contribution in [3.05, 3.63) is 98.6 Å². The lowest BCUT2D eigenvalue weighted by Gasteiger charge is -2.13. The predicted molar refractivity (Wildman–Crippen MR) is 137 cm³/mol. The van der Waals surface area contributed by atoms with Gasteiger partial charge < -0.3 is 10.1 Å². The Bertz CT molecular complexity index is 1440. The predicted octanol–water partition coefficient (Wildman–Crippen LogP) is 5.71. The molecule has 1 N–H and O–H groups in total. The molecule has 1 heterocycles. The molecule has 7 nitrogen and oxygen atoms in total. The fourth-order valence-electron chi connectivity index (χ4n) is 3.35. The number of imide groups is 1. The van der Waals surface area contributed by atoms with Crippen molar-refractivity contribution in [2.75, 3.05) is 11.9 Å². The summed E-state index contributed by atoms with van der Waals surface area (Å²) in [7, 11) is 0. The maximum Gasteiger partial charge on any atom is 0.294 e. The number of hydrogen-bond donors (Lipinski definition) is 1. The monoisotopic (exact) mass is 565 g/mol. The zero-order valence-electron chi connectivity index (χ0n) is 18.5. The van der Waals surface area contributed by atoms with E-state index in [4.69, 9.17) is 4.74 Å². The molecule has 0 spiro atoms. The molecule has 4 rings (SSSR count). The maximum absolute atomic E-state index is 13.8. The van der Waals surface area contributed by atoms with E-state index in [0.717, 1.165) is 9.37 Å². The van der Waals surface area contributed by atoms with E-state index < -0.39 is 29.4 Å². The van der Waals surface area contributed by atoms with Crippen LogP contribution in [0.2, 0.25) is 0 Å². The minimum atomic E-state index is -0.703. The molecule has 1 aliphatic rings. The van der Waals surface area contributed by atoms with E-state index in [1.54, 1.807) is 48.5 Å². The third-order valence-electron chi connectivity index (χ3n) is 5.10. The van der Waals surface area contributed by atoms with Gasteiger partial charge in [0.15, 0.2) is 0 Å². The normalized spacial score (nSPS) is 14.1. The maximum atomic E-state index is 13.8. The number of nitrogens with one attached hydrogen (secondary N) is 1. The molecule has 1 saturated heterocycles. The molecule has 0 radical (unpaired) electrons. The van der Waals surface area contributed by atoms with Crippen LogP contribution in [-0.4, -0.2) is 28.5 Å². The molecule has 0 aromatic heterocycles. The first kappa shape index (κ1) is 25.2. The SMILES string of the molecule is N#Cc1ccccc1COc1ccc(Br)cc1/C=C1\SC(=O)N(CC(=O)Nc2ccccc2F)C1=O. The van der Waals surface area contributed by atoms with Gasteiger partial charge in [0.25, 0.3) is 11.1 Å². The summed E-state index contributed by atoms with van der Waals surface area (Å²) in [6.45, 7) is -0.424. The topological polar surface area (TPSA) is 99.5 Å². The van der Waals surface area contributed by atoms with Crippen LogP contribution in [0.3, 0.4) is 0 Å². The quantitative estimate of drug-likeness (QED) is 0.368. The number of anilines is 1. The van der Waals surface area contributed by atoms with Crippen LogP contribution in [0.5, 0.6) is 5.75 Å². The number of thioether (sulfide) groups is 1. The van der Waals surface area contributed by atoms with Gasteiger partial charge in [0.05, 0.1) is 22.2 Å². The number of ether oxygens (including phenoxy) is 1. The molecule has 10 heteroatoms. The van der Waals surface area contributed by atoms with Gasteiger partial charge in [-0.1, -0.05) is 46.3 Å². The van der Waals surface area contributed by atoms with E-state index in [1.165, 1.54) is 24.3 Å². The average Bonchev–Trinajstić information content (AvgIpc) is 3.12. The molecule has 0 atom stereocenters. The highest BCUT2D eigenvalue weighted by Crippen LogP contribution is 2.35. The van der Waals surface area contributed by atoms with Gasteiger partial charge in [-0.15, -0.1) is 0 Å². The number of rotatable bonds is 7. The lowest BCUT2D eigenvalue weighted by molar-refractivity contribution is -0.127. The Morgan fingerprint density at radius 3 is 2.67 bits per heavy atom. The van der Waals surface area contributed by atoms with E-state index >= 15 is 0 Å². The first-order chi connectivity index (χ1) is 17.4. The number of hydrogen-bond acceptors (Lipinski definition) is 6. The van der Waals surface area contributed by atoms with Crippen LogP contribution in [0.25, 0.3) is 6.08 Å². The molecular weight excluding hydrogens is 549 g/mol. The number of nitriles is 1. The Morgan fingerprint density at radius 1 is 1.14 bits per heavy atom. The highest BCUT2D eigenvalue weighted by molar-refractivity contribution is 9.10. The second-order valence-corrected chi connectivity index (χ2v) is 9.44. The summed E-state index contributed by atoms with van der Waals surface area (Å²) in [4.78, 5) is 38.6. The Hall–Kier alpha value is -3.94. The summed E-state index contributed by atoms with van der Waals surface area (Å²) in [6.07, 6.45) is 1.51. The van der Waals surface area contributed by atoms with Crippen molar-refractivity contribution in [3.8, 4) is 11.8 Å². The van der Waals surface area contributed by atoms with Gasteiger partial charge in [0.1, 0.15) is 24.7 Å². The Morgan fingerprint density at radius 2 is 1.89 bits per heavy atom. The molecule has 1 fully saturated rings. The summed E-state index contributed by atoms with van der Waals surface area (Å²) in [5.74, 6) is -1.53. The van der Waals surface area contributed by atoms with E-state index in [-0.39, 0.29) is 17.2 Å². The molecule has 36 heavy (non-hydrogen) atoms. The van der Waals surface area contributed by atoms with Crippen LogP contribution in [0.4, 0.5) is 14.9 Å². The summed E-state index contributed by atoms with van der Waals surface area (Å²) in [5, 5.41) is 11.0. The number of benzene rings is 3. The molecule has 3 aromatic rings. The van der Waals surface area contributed by atoms with Crippen molar-refractivity contribution in [3.63, 3.8) is 0 Å². The second kappa shape index (κ2) is 11.2. The summed E-state index contributed by atoms with van der Waals surface area (Å²) < 4.78 is 20.4. The van der Waals surface area contributed by atoms with Gasteiger partial charge in [-0.25, -0.2) is 4.39 Å². The summed E-state index contributed by atoms with van der Waals surface area (Å²) >= 11 is 4.09. The fourth-order valence-corrected chi connectivity index (χ4v) is 4.56. The van der Waals surface area contributed by atoms with E-state index in [9.17, 15) is 24.0 Å². The molecule has 3 amide bonds. The number of carbonyl (C=O) groups is 3. The van der Waals surface area contributed by atoms with Crippen molar-refractivity contribution in [2.45, 2.75) is 6.61 Å². The van der Waals surface area contributed by atoms with Crippen LogP contribution in [0, 0.1) is 17.1 Å². The molecule has 0 saturated carbocycles. The van der Waals surface area contributed by atoms with Crippen LogP contribution in [0.15, 0.2) is 76.1 Å². The van der Waals surface area contributed by atoms with E-state index in [1.807, 2.05) is 0 Å². The third kappa shape index (κ3) is 5.82. The largest absolute Gasteiger partial charge is 0.488 e. The number of amides is 3. The first-order valence-electron chi connectivity index (χ1n) is 10.6. The van der Waals surface area contributed by atoms with Crippen LogP contribution < -0.4 is 10.1 Å². The number of carbonyl (C=O) groups excluding carboxylic acids is 3. The van der Waals surface area contributed by atoms with E-state index in [0.29, 0.717) is 34.2 Å². The molecule has 1 aliphatic heterocycles. The Balaban J connectivity index is 1.50. The Labute approximate surface area is 218 Å². The lowest BCUT2D eigenvalue weighted by atomic mass is 10.1. The van der Waals surface area contributed by atoms with Gasteiger partial charge >= 0.3 is 0 Å². The first-order valence-corrected chi connectivity index (χ1v) is 12.2. The molecule has 3 aromatic carbocycles. The molecule has 0 unspecified atom stereocenters. The smallest absolute Gasteiger partial charge is 0.294 e. The number of para-hydroxylation sites is 1. The van der Waals surface area contributed by atoms with Gasteiger partial charge in [0.2, 0.25) is 5.91 Å². The van der Waals surface area contributed by atoms with Gasteiger partial charge in [0, 0.05) is 15.6 Å². The minimum absolute atomic E-state index is 0.0427. The standard InChI is InChI=1S/C26H17BrFN3O4S/c27-19-9-10-22(35-15-17-6-2-1-5-16(17)13-29)18(11-19)12-23-25(33)31(26(34)36-23)14-24(32)30-21-8-4-3-7-20(21)28/h1-12H,14-15H2,(H,30,32)/b23-12-. The molecule has 180 valence electrons. The van der Waals surface area contributed by atoms with Gasteiger partial charge in [-0.05, 0) is 54.2 Å². The minimum Gasteiger partial charge on any atom is -0.488 e. The summed E-state index contributed by atoms with van der Waals surface area (Å²) in [5.41, 5.74) is 1.68. The van der Waals surface area contributed by atoms with Crippen molar-refractivity contribution >= 4 is 56.5 Å². The lowest BCUT2D eigenvalue weighted by Crippen LogP contribution is -2.36. The molecular formula is C26H17BrFN3O4S. The third-order valence-corrected chi connectivity index (χ3v) is 6.50.